The van der Waals surface area contributed by atoms with Crippen LogP contribution in [0.4, 0.5) is 5.69 Å². The number of pyridine rings is 1. The standard InChI is InChI=1S/C24H24N4O6S2/c1-27(14-21(29)26-17-9-7-16(8-10-17)24(31)32)23(30)19-12-18(35)13-28(19)36(33,34)20-6-2-4-15-5-3-11-25-22(15)20/h2-11,18-19,35H,12-14H2,1H3,(H,26,29)(H,31,32). The molecule has 2 heterocycles. The highest BCUT2D eigenvalue weighted by Gasteiger charge is 2.44. The zero-order valence-electron chi connectivity index (χ0n) is 19.2. The second-order valence-corrected chi connectivity index (χ2v) is 11.0. The van der Waals surface area contributed by atoms with Crippen LogP contribution in [0.2, 0.25) is 0 Å². The number of para-hydroxylation sites is 1. The maximum absolute atomic E-state index is 13.6. The lowest BCUT2D eigenvalue weighted by Gasteiger charge is -2.27. The van der Waals surface area contributed by atoms with Crippen LogP contribution in [0, 0.1) is 0 Å². The van der Waals surface area contributed by atoms with Gasteiger partial charge in [-0.3, -0.25) is 14.6 Å². The van der Waals surface area contributed by atoms with Crippen LogP contribution in [0.25, 0.3) is 10.9 Å². The Hall–Kier alpha value is -3.48. The number of sulfonamides is 1. The lowest BCUT2D eigenvalue weighted by atomic mass is 10.2. The van der Waals surface area contributed by atoms with Gasteiger partial charge in [0.1, 0.15) is 10.9 Å². The van der Waals surface area contributed by atoms with Crippen molar-refractivity contribution in [1.29, 1.82) is 0 Å². The number of aromatic nitrogens is 1. The van der Waals surface area contributed by atoms with Crippen LogP contribution in [-0.4, -0.2) is 76.9 Å². The molecule has 0 bridgehead atoms. The summed E-state index contributed by atoms with van der Waals surface area (Å²) in [6.07, 6.45) is 1.71. The number of likely N-dealkylation sites (N-methyl/N-ethyl adjacent to an activating group) is 1. The average molecular weight is 529 g/mol. The van der Waals surface area contributed by atoms with Crippen LogP contribution in [0.15, 0.2) is 65.7 Å². The number of fused-ring (bicyclic) bond motifs is 1. The highest BCUT2D eigenvalue weighted by Crippen LogP contribution is 2.32. The Labute approximate surface area is 213 Å². The van der Waals surface area contributed by atoms with Gasteiger partial charge < -0.3 is 15.3 Å². The van der Waals surface area contributed by atoms with E-state index in [1.165, 1.54) is 48.5 Å². The monoisotopic (exact) mass is 528 g/mol. The molecule has 1 aromatic heterocycles. The van der Waals surface area contributed by atoms with E-state index < -0.39 is 33.8 Å². The minimum absolute atomic E-state index is 0.00559. The SMILES string of the molecule is CN(CC(=O)Nc1ccc(C(=O)O)cc1)C(=O)C1CC(S)CN1S(=O)(=O)c1cccc2cccnc12. The number of hydrogen-bond acceptors (Lipinski definition) is 7. The number of rotatable bonds is 7. The first-order valence-corrected chi connectivity index (χ1v) is 13.0. The summed E-state index contributed by atoms with van der Waals surface area (Å²) in [5.41, 5.74) is 0.760. The maximum Gasteiger partial charge on any atom is 0.335 e. The molecule has 2 N–H and O–H groups in total. The minimum atomic E-state index is -4.09. The van der Waals surface area contributed by atoms with E-state index in [0.29, 0.717) is 16.6 Å². The summed E-state index contributed by atoms with van der Waals surface area (Å²) in [5, 5.41) is 11.9. The van der Waals surface area contributed by atoms with Crippen molar-refractivity contribution in [3.63, 3.8) is 0 Å². The van der Waals surface area contributed by atoms with E-state index >= 15 is 0 Å². The van der Waals surface area contributed by atoms with Gasteiger partial charge in [0.15, 0.2) is 0 Å². The van der Waals surface area contributed by atoms with Crippen LogP contribution in [-0.2, 0) is 19.6 Å². The first-order valence-electron chi connectivity index (χ1n) is 11.0. The van der Waals surface area contributed by atoms with E-state index in [4.69, 9.17) is 5.11 Å². The second kappa shape index (κ2) is 10.2. The summed E-state index contributed by atoms with van der Waals surface area (Å²) < 4.78 is 28.4. The fourth-order valence-electron chi connectivity index (χ4n) is 4.13. The predicted octanol–water partition coefficient (Wildman–Crippen LogP) is 2.09. The Kier molecular flexibility index (Phi) is 7.29. The topological polar surface area (TPSA) is 137 Å². The number of thiol groups is 1. The molecule has 3 aromatic rings. The van der Waals surface area contributed by atoms with Crippen molar-refractivity contribution >= 4 is 57.0 Å². The molecule has 188 valence electrons. The molecule has 1 aliphatic rings. The van der Waals surface area contributed by atoms with Crippen LogP contribution in [0.3, 0.4) is 0 Å². The number of nitrogens with zero attached hydrogens (tertiary/aromatic N) is 3. The maximum atomic E-state index is 13.6. The van der Waals surface area contributed by atoms with Crippen molar-refractivity contribution in [3.8, 4) is 0 Å². The molecular weight excluding hydrogens is 504 g/mol. The Bertz CT molecular complexity index is 1420. The van der Waals surface area contributed by atoms with Crippen LogP contribution in [0.1, 0.15) is 16.8 Å². The quantitative estimate of drug-likeness (QED) is 0.400. The molecule has 2 amide bonds. The third-order valence-electron chi connectivity index (χ3n) is 5.87. The summed E-state index contributed by atoms with van der Waals surface area (Å²) in [4.78, 5) is 42.1. The van der Waals surface area contributed by atoms with Gasteiger partial charge in [-0.05, 0) is 42.8 Å². The van der Waals surface area contributed by atoms with Gasteiger partial charge in [0.25, 0.3) is 0 Å². The summed E-state index contributed by atoms with van der Waals surface area (Å²) in [5.74, 6) is -2.13. The number of amides is 2. The normalized spacial score (nSPS) is 18.2. The molecule has 0 spiro atoms. The second-order valence-electron chi connectivity index (χ2n) is 8.44. The molecule has 2 unspecified atom stereocenters. The molecule has 0 radical (unpaired) electrons. The van der Waals surface area contributed by atoms with Gasteiger partial charge in [-0.2, -0.15) is 16.9 Å². The molecule has 1 saturated heterocycles. The predicted molar refractivity (Wildman–Crippen MR) is 136 cm³/mol. The van der Waals surface area contributed by atoms with Gasteiger partial charge >= 0.3 is 5.97 Å². The fraction of sp³-hybridized carbons (Fsp3) is 0.250. The van der Waals surface area contributed by atoms with E-state index in [9.17, 15) is 22.8 Å². The molecule has 1 fully saturated rings. The number of nitrogens with one attached hydrogen (secondary N) is 1. The summed E-state index contributed by atoms with van der Waals surface area (Å²) in [6.45, 7) is -0.280. The third-order valence-corrected chi connectivity index (χ3v) is 8.15. The van der Waals surface area contributed by atoms with Gasteiger partial charge in [-0.25, -0.2) is 13.2 Å². The zero-order chi connectivity index (χ0) is 26.0. The van der Waals surface area contributed by atoms with E-state index in [1.807, 2.05) is 0 Å². The van der Waals surface area contributed by atoms with Gasteiger partial charge in [-0.15, -0.1) is 0 Å². The molecule has 0 aliphatic carbocycles. The van der Waals surface area contributed by atoms with Crippen LogP contribution >= 0.6 is 12.6 Å². The van der Waals surface area contributed by atoms with Crippen molar-refractivity contribution < 1.29 is 27.9 Å². The summed E-state index contributed by atoms with van der Waals surface area (Å²) in [7, 11) is -2.67. The first-order chi connectivity index (χ1) is 17.1. The average Bonchev–Trinajstić information content (AvgIpc) is 3.25. The molecule has 2 aromatic carbocycles. The van der Waals surface area contributed by atoms with Crippen molar-refractivity contribution in [2.45, 2.75) is 22.6 Å². The Morgan fingerprint density at radius 1 is 1.14 bits per heavy atom. The molecule has 0 saturated carbocycles. The van der Waals surface area contributed by atoms with Gasteiger partial charge in [0.05, 0.1) is 17.6 Å². The highest BCUT2D eigenvalue weighted by molar-refractivity contribution is 7.89. The molecule has 12 heteroatoms. The van der Waals surface area contributed by atoms with Gasteiger partial charge in [0, 0.05) is 36.1 Å². The number of aromatic carboxylic acids is 1. The number of carbonyl (C=O) groups is 3. The molecule has 1 aliphatic heterocycles. The number of benzene rings is 2. The molecular formula is C24H24N4O6S2. The highest BCUT2D eigenvalue weighted by atomic mass is 32.2. The summed E-state index contributed by atoms with van der Waals surface area (Å²) >= 11 is 4.44. The van der Waals surface area contributed by atoms with Crippen LogP contribution in [0.5, 0.6) is 0 Å². The number of carbonyl (C=O) groups excluding carboxylic acids is 2. The Morgan fingerprint density at radius 3 is 2.53 bits per heavy atom. The number of carboxylic acids is 1. The van der Waals surface area contributed by atoms with Gasteiger partial charge in [-0.1, -0.05) is 18.2 Å². The smallest absolute Gasteiger partial charge is 0.335 e. The number of hydrogen-bond donors (Lipinski definition) is 3. The van der Waals surface area contributed by atoms with E-state index in [0.717, 1.165) is 4.31 Å². The number of carboxylic acid groups (broad SMARTS) is 1. The first kappa shape index (κ1) is 25.6. The number of anilines is 1. The third kappa shape index (κ3) is 5.20. The Morgan fingerprint density at radius 2 is 1.83 bits per heavy atom. The van der Waals surface area contributed by atoms with Gasteiger partial charge in [0.2, 0.25) is 21.8 Å². The van der Waals surface area contributed by atoms with Crippen molar-refractivity contribution in [2.24, 2.45) is 0 Å². The lowest BCUT2D eigenvalue weighted by molar-refractivity contribution is -0.136. The molecule has 10 nitrogen and oxygen atoms in total. The van der Waals surface area contributed by atoms with E-state index in [1.54, 1.807) is 24.3 Å². The van der Waals surface area contributed by atoms with Crippen molar-refractivity contribution in [2.75, 3.05) is 25.5 Å². The fourth-order valence-corrected chi connectivity index (χ4v) is 6.42. The zero-order valence-corrected chi connectivity index (χ0v) is 20.9. The van der Waals surface area contributed by atoms with Crippen molar-refractivity contribution in [1.82, 2.24) is 14.2 Å². The molecule has 4 rings (SSSR count). The van der Waals surface area contributed by atoms with E-state index in [-0.39, 0.29) is 35.2 Å². The molecule has 2 atom stereocenters. The molecule has 36 heavy (non-hydrogen) atoms. The largest absolute Gasteiger partial charge is 0.478 e. The minimum Gasteiger partial charge on any atom is -0.478 e. The van der Waals surface area contributed by atoms with Crippen molar-refractivity contribution in [3.05, 3.63) is 66.4 Å². The Balaban J connectivity index is 1.50. The summed E-state index contributed by atoms with van der Waals surface area (Å²) in [6, 6.07) is 12.9. The van der Waals surface area contributed by atoms with E-state index in [2.05, 4.69) is 22.9 Å². The lowest BCUT2D eigenvalue weighted by Crippen LogP contribution is -2.48. The van der Waals surface area contributed by atoms with Crippen LogP contribution < -0.4 is 5.32 Å².